The lowest BCUT2D eigenvalue weighted by atomic mass is 10.1. The number of carbonyl (C=O) groups excluding carboxylic acids is 1. The number of ether oxygens (including phenoxy) is 1. The van der Waals surface area contributed by atoms with Gasteiger partial charge in [-0.25, -0.2) is 4.79 Å². The molecule has 0 heterocycles. The van der Waals surface area contributed by atoms with Gasteiger partial charge >= 0.3 is 6.09 Å². The Bertz CT molecular complexity index is 495. The number of rotatable bonds is 2. The maximum atomic E-state index is 11.5. The average molecular weight is 324 g/mol. The second-order valence-corrected chi connectivity index (χ2v) is 5.55. The highest BCUT2D eigenvalue weighted by atomic mass is 79.9. The van der Waals surface area contributed by atoms with Gasteiger partial charge in [0.1, 0.15) is 5.60 Å². The summed E-state index contributed by atoms with van der Waals surface area (Å²) in [5, 5.41) is 3.37. The fourth-order valence-electron chi connectivity index (χ4n) is 1.38. The molecule has 102 valence electrons. The highest BCUT2D eigenvalue weighted by Gasteiger charge is 2.15. The highest BCUT2D eigenvalue weighted by molar-refractivity contribution is 9.09. The van der Waals surface area contributed by atoms with E-state index >= 15 is 0 Å². The van der Waals surface area contributed by atoms with Crippen LogP contribution in [0.1, 0.15) is 31.9 Å². The fourth-order valence-corrected chi connectivity index (χ4v) is 1.52. The Balaban J connectivity index is 2.56. The summed E-state index contributed by atoms with van der Waals surface area (Å²) in [6.45, 7) is 5.94. The molecule has 4 heteroatoms. The normalized spacial score (nSPS) is 10.3. The Kier molecular flexibility index (Phi) is 5.91. The van der Waals surface area contributed by atoms with Gasteiger partial charge in [0.25, 0.3) is 0 Å². The van der Waals surface area contributed by atoms with Crippen LogP contribution in [-0.2, 0) is 11.3 Å². The van der Waals surface area contributed by atoms with Crippen molar-refractivity contribution in [2.24, 2.45) is 0 Å². The lowest BCUT2D eigenvalue weighted by Gasteiger charge is -2.19. The summed E-state index contributed by atoms with van der Waals surface area (Å²) in [6.07, 6.45) is -0.413. The number of hydrogen-bond donors (Lipinski definition) is 1. The van der Waals surface area contributed by atoms with Crippen LogP contribution < -0.4 is 5.32 Å². The van der Waals surface area contributed by atoms with E-state index in [1.54, 1.807) is 0 Å². The first-order chi connectivity index (χ1) is 8.90. The molecule has 0 aliphatic heterocycles. The summed E-state index contributed by atoms with van der Waals surface area (Å²) in [6, 6.07) is 7.75. The minimum absolute atomic E-state index is 0.413. The van der Waals surface area contributed by atoms with Crippen LogP contribution >= 0.6 is 15.9 Å². The standard InChI is InChI=1S/C15H18BrNO2/c1-15(2,3)19-14(18)17-11-13-7-4-6-12(10-13)8-5-9-16/h4,6-7,10H,9,11H2,1-3H3,(H,17,18). The number of amides is 1. The van der Waals surface area contributed by atoms with E-state index < -0.39 is 11.7 Å². The molecule has 0 bridgehead atoms. The second-order valence-electron chi connectivity index (χ2n) is 4.99. The van der Waals surface area contributed by atoms with Crippen molar-refractivity contribution in [3.05, 3.63) is 35.4 Å². The molecule has 0 atom stereocenters. The first-order valence-corrected chi connectivity index (χ1v) is 7.13. The Morgan fingerprint density at radius 3 is 2.79 bits per heavy atom. The van der Waals surface area contributed by atoms with Crippen molar-refractivity contribution >= 4 is 22.0 Å². The van der Waals surface area contributed by atoms with E-state index in [-0.39, 0.29) is 0 Å². The zero-order valence-corrected chi connectivity index (χ0v) is 13.0. The molecule has 1 N–H and O–H groups in total. The van der Waals surface area contributed by atoms with E-state index in [0.29, 0.717) is 11.9 Å². The predicted molar refractivity (Wildman–Crippen MR) is 80.2 cm³/mol. The van der Waals surface area contributed by atoms with Gasteiger partial charge in [-0.15, -0.1) is 0 Å². The number of nitrogens with one attached hydrogen (secondary N) is 1. The van der Waals surface area contributed by atoms with Crippen LogP contribution in [0.15, 0.2) is 24.3 Å². The number of halogens is 1. The molecule has 0 unspecified atom stereocenters. The largest absolute Gasteiger partial charge is 0.444 e. The zero-order chi connectivity index (χ0) is 14.3. The van der Waals surface area contributed by atoms with Crippen LogP contribution in [0.4, 0.5) is 4.79 Å². The molecule has 0 saturated heterocycles. The number of alkyl halides is 1. The Morgan fingerprint density at radius 2 is 2.16 bits per heavy atom. The van der Waals surface area contributed by atoms with E-state index in [1.165, 1.54) is 0 Å². The van der Waals surface area contributed by atoms with Gasteiger partial charge in [-0.1, -0.05) is 39.9 Å². The molecule has 0 saturated carbocycles. The Labute approximate surface area is 122 Å². The van der Waals surface area contributed by atoms with Gasteiger partial charge in [0.15, 0.2) is 0 Å². The maximum absolute atomic E-state index is 11.5. The number of alkyl carbamates (subject to hydrolysis) is 1. The molecule has 0 fully saturated rings. The van der Waals surface area contributed by atoms with Crippen LogP contribution in [0, 0.1) is 11.8 Å². The van der Waals surface area contributed by atoms with Crippen molar-refractivity contribution in [3.8, 4) is 11.8 Å². The van der Waals surface area contributed by atoms with E-state index in [9.17, 15) is 4.79 Å². The molecule has 1 aromatic carbocycles. The van der Waals surface area contributed by atoms with Crippen LogP contribution in [0.2, 0.25) is 0 Å². The lowest BCUT2D eigenvalue weighted by Crippen LogP contribution is -2.32. The molecular weight excluding hydrogens is 306 g/mol. The minimum Gasteiger partial charge on any atom is -0.444 e. The summed E-state index contributed by atoms with van der Waals surface area (Å²) >= 11 is 3.26. The number of carbonyl (C=O) groups is 1. The summed E-state index contributed by atoms with van der Waals surface area (Å²) in [5.41, 5.74) is 1.45. The van der Waals surface area contributed by atoms with Crippen molar-refractivity contribution in [2.75, 3.05) is 5.33 Å². The molecule has 1 rings (SSSR count). The Hall–Kier alpha value is -1.47. The number of benzene rings is 1. The third-order valence-electron chi connectivity index (χ3n) is 2.06. The Morgan fingerprint density at radius 1 is 1.42 bits per heavy atom. The SMILES string of the molecule is CC(C)(C)OC(=O)NCc1cccc(C#CCBr)c1. The average Bonchev–Trinajstić information content (AvgIpc) is 2.32. The second kappa shape index (κ2) is 7.20. The topological polar surface area (TPSA) is 38.3 Å². The highest BCUT2D eigenvalue weighted by Crippen LogP contribution is 2.08. The molecule has 1 amide bonds. The summed E-state index contributed by atoms with van der Waals surface area (Å²) in [7, 11) is 0. The number of hydrogen-bond acceptors (Lipinski definition) is 2. The molecule has 0 radical (unpaired) electrons. The minimum atomic E-state index is -0.479. The first-order valence-electron chi connectivity index (χ1n) is 6.01. The van der Waals surface area contributed by atoms with Crippen molar-refractivity contribution in [3.63, 3.8) is 0 Å². The lowest BCUT2D eigenvalue weighted by molar-refractivity contribution is 0.0523. The van der Waals surface area contributed by atoms with Crippen molar-refractivity contribution < 1.29 is 9.53 Å². The van der Waals surface area contributed by atoms with E-state index in [2.05, 4.69) is 33.1 Å². The monoisotopic (exact) mass is 323 g/mol. The zero-order valence-electron chi connectivity index (χ0n) is 11.4. The first kappa shape index (κ1) is 15.6. The predicted octanol–water partition coefficient (Wildman–Crippen LogP) is 3.46. The smallest absolute Gasteiger partial charge is 0.407 e. The summed E-state index contributed by atoms with van der Waals surface area (Å²) in [5.74, 6) is 5.96. The molecule has 0 spiro atoms. The molecule has 1 aromatic rings. The van der Waals surface area contributed by atoms with Gasteiger partial charge < -0.3 is 10.1 Å². The van der Waals surface area contributed by atoms with Crippen molar-refractivity contribution in [1.82, 2.24) is 5.32 Å². The van der Waals surface area contributed by atoms with Gasteiger partial charge in [0.05, 0.1) is 5.33 Å². The summed E-state index contributed by atoms with van der Waals surface area (Å²) < 4.78 is 5.17. The fraction of sp³-hybridized carbons (Fsp3) is 0.400. The summed E-state index contributed by atoms with van der Waals surface area (Å²) in [4.78, 5) is 11.5. The van der Waals surface area contributed by atoms with Crippen LogP contribution in [-0.4, -0.2) is 17.0 Å². The van der Waals surface area contributed by atoms with Crippen LogP contribution in [0.25, 0.3) is 0 Å². The molecule has 0 aliphatic rings. The van der Waals surface area contributed by atoms with Gasteiger partial charge in [0, 0.05) is 12.1 Å². The molecule has 0 aromatic heterocycles. The molecule has 3 nitrogen and oxygen atoms in total. The van der Waals surface area contributed by atoms with Crippen LogP contribution in [0.5, 0.6) is 0 Å². The van der Waals surface area contributed by atoms with Crippen molar-refractivity contribution in [1.29, 1.82) is 0 Å². The molecule has 0 aliphatic carbocycles. The maximum Gasteiger partial charge on any atom is 0.407 e. The molecule has 19 heavy (non-hydrogen) atoms. The van der Waals surface area contributed by atoms with Gasteiger partial charge in [-0.3, -0.25) is 0 Å². The van der Waals surface area contributed by atoms with E-state index in [1.807, 2.05) is 45.0 Å². The molecular formula is C15H18BrNO2. The van der Waals surface area contributed by atoms with E-state index in [0.717, 1.165) is 11.1 Å². The third kappa shape index (κ3) is 6.88. The van der Waals surface area contributed by atoms with E-state index in [4.69, 9.17) is 4.74 Å². The van der Waals surface area contributed by atoms with Gasteiger partial charge in [-0.2, -0.15) is 0 Å². The van der Waals surface area contributed by atoms with Crippen molar-refractivity contribution in [2.45, 2.75) is 32.9 Å². The quantitative estimate of drug-likeness (QED) is 0.668. The van der Waals surface area contributed by atoms with Crippen LogP contribution in [0.3, 0.4) is 0 Å². The van der Waals surface area contributed by atoms with Gasteiger partial charge in [0.2, 0.25) is 0 Å². The third-order valence-corrected chi connectivity index (χ3v) is 2.34. The van der Waals surface area contributed by atoms with Gasteiger partial charge in [-0.05, 0) is 38.5 Å².